The Bertz CT molecular complexity index is 1340. The summed E-state index contributed by atoms with van der Waals surface area (Å²) in [5.74, 6) is -3.24. The van der Waals surface area contributed by atoms with Gasteiger partial charge < -0.3 is 24.4 Å². The zero-order valence-electron chi connectivity index (χ0n) is 23.7. The van der Waals surface area contributed by atoms with Crippen molar-refractivity contribution in [1.29, 1.82) is 0 Å². The van der Waals surface area contributed by atoms with Crippen LogP contribution in [0.25, 0.3) is 0 Å². The second kappa shape index (κ2) is 11.2. The number of carbonyl (C=O) groups excluding carboxylic acids is 3. The zero-order valence-corrected chi connectivity index (χ0v) is 24.4. The van der Waals surface area contributed by atoms with E-state index < -0.39 is 47.0 Å². The summed E-state index contributed by atoms with van der Waals surface area (Å²) in [7, 11) is 0. The highest BCUT2D eigenvalue weighted by atomic mass is 35.5. The third kappa shape index (κ3) is 4.57. The van der Waals surface area contributed by atoms with E-state index >= 15 is 0 Å². The van der Waals surface area contributed by atoms with E-state index in [9.17, 15) is 19.5 Å². The summed E-state index contributed by atoms with van der Waals surface area (Å²) in [5, 5.41) is 11.0. The quantitative estimate of drug-likeness (QED) is 0.337. The van der Waals surface area contributed by atoms with Gasteiger partial charge in [0.25, 0.3) is 5.91 Å². The van der Waals surface area contributed by atoms with Crippen LogP contribution in [0.5, 0.6) is 0 Å². The Morgan fingerprint density at radius 3 is 2.56 bits per heavy atom. The number of amides is 2. The number of likely N-dealkylation sites (tertiary alicyclic amines) is 1. The topological polar surface area (TPSA) is 96.4 Å². The number of nitrogens with zero attached hydrogens (tertiary/aromatic N) is 2. The maximum atomic E-state index is 14.8. The molecule has 7 atom stereocenters. The molecule has 0 radical (unpaired) electrons. The van der Waals surface area contributed by atoms with Crippen LogP contribution in [-0.2, 0) is 30.3 Å². The first kappa shape index (κ1) is 29.3. The van der Waals surface area contributed by atoms with Gasteiger partial charge in [-0.15, -0.1) is 6.58 Å². The smallest absolute Gasteiger partial charge is 0.312 e. The molecule has 1 spiro atoms. The largest absolute Gasteiger partial charge is 0.466 e. The Morgan fingerprint density at radius 2 is 1.93 bits per heavy atom. The molecule has 0 saturated carbocycles. The van der Waals surface area contributed by atoms with E-state index in [2.05, 4.69) is 6.58 Å². The van der Waals surface area contributed by atoms with E-state index in [1.54, 1.807) is 37.3 Å². The van der Waals surface area contributed by atoms with Crippen molar-refractivity contribution in [1.82, 2.24) is 4.90 Å². The van der Waals surface area contributed by atoms with E-state index in [1.807, 2.05) is 44.2 Å². The molecule has 3 fully saturated rings. The standard InChI is InChI=1S/C32H37ClN2O6/c1-5-16-34(24-15-11-10-14-23(24)33)29(38)27-32-18-20(3)31(4,41-32)26(30(39)40-6-2)25(32)28(37)35(27)22(19-36)17-21-12-8-7-9-13-21/h5,7-15,20,22,25-27,36H,1,6,16-19H2,2-4H3/t20?,22-,25+,26+,27?,31-,32?/m1/s1. The van der Waals surface area contributed by atoms with Gasteiger partial charge in [0.15, 0.2) is 0 Å². The van der Waals surface area contributed by atoms with Crippen molar-refractivity contribution in [3.63, 3.8) is 0 Å². The number of aliphatic hydroxyl groups excluding tert-OH is 1. The minimum Gasteiger partial charge on any atom is -0.466 e. The first-order valence-corrected chi connectivity index (χ1v) is 14.5. The van der Waals surface area contributed by atoms with Crippen molar-refractivity contribution in [3.8, 4) is 0 Å². The lowest BCUT2D eigenvalue weighted by atomic mass is 9.62. The van der Waals surface area contributed by atoms with Gasteiger partial charge in [0.2, 0.25) is 5.91 Å². The Hall–Kier alpha value is -3.20. The molecule has 0 aromatic heterocycles. The number of rotatable bonds is 10. The molecule has 1 N–H and O–H groups in total. The molecule has 0 aliphatic carbocycles. The number of hydrogen-bond acceptors (Lipinski definition) is 6. The lowest BCUT2D eigenvalue weighted by molar-refractivity contribution is -0.162. The Labute approximate surface area is 245 Å². The predicted molar refractivity (Wildman–Crippen MR) is 155 cm³/mol. The number of carbonyl (C=O) groups is 3. The van der Waals surface area contributed by atoms with E-state index in [1.165, 1.54) is 9.80 Å². The maximum Gasteiger partial charge on any atom is 0.312 e. The summed E-state index contributed by atoms with van der Waals surface area (Å²) in [5.41, 5.74) is -0.894. The van der Waals surface area contributed by atoms with Crippen LogP contribution in [0.3, 0.4) is 0 Å². The third-order valence-corrected chi connectivity index (χ3v) is 9.49. The third-order valence-electron chi connectivity index (χ3n) is 9.17. The number of hydrogen-bond donors (Lipinski definition) is 1. The van der Waals surface area contributed by atoms with Gasteiger partial charge in [-0.05, 0) is 50.3 Å². The van der Waals surface area contributed by atoms with Gasteiger partial charge in [-0.1, -0.05) is 67.1 Å². The predicted octanol–water partition coefficient (Wildman–Crippen LogP) is 4.04. The summed E-state index contributed by atoms with van der Waals surface area (Å²) >= 11 is 6.56. The average molecular weight is 581 g/mol. The molecule has 2 bridgehead atoms. The van der Waals surface area contributed by atoms with E-state index in [-0.39, 0.29) is 31.6 Å². The highest BCUT2D eigenvalue weighted by Crippen LogP contribution is 2.65. The molecule has 3 saturated heterocycles. The summed E-state index contributed by atoms with van der Waals surface area (Å²) in [6.07, 6.45) is 2.32. The molecule has 3 aliphatic heterocycles. The van der Waals surface area contributed by atoms with Crippen molar-refractivity contribution in [2.45, 2.75) is 56.9 Å². The molecule has 3 heterocycles. The van der Waals surface area contributed by atoms with Crippen LogP contribution in [0.1, 0.15) is 32.8 Å². The fourth-order valence-corrected chi connectivity index (χ4v) is 7.57. The van der Waals surface area contributed by atoms with Crippen LogP contribution in [0.4, 0.5) is 5.69 Å². The zero-order chi connectivity index (χ0) is 29.5. The normalized spacial score (nSPS) is 30.7. The maximum absolute atomic E-state index is 14.8. The van der Waals surface area contributed by atoms with Crippen LogP contribution in [0.15, 0.2) is 67.3 Å². The molecular formula is C32H37ClN2O6. The molecular weight excluding hydrogens is 544 g/mol. The van der Waals surface area contributed by atoms with Gasteiger partial charge in [-0.3, -0.25) is 14.4 Å². The number of aliphatic hydroxyl groups is 1. The van der Waals surface area contributed by atoms with Gasteiger partial charge in [0.05, 0.1) is 41.5 Å². The van der Waals surface area contributed by atoms with Crippen molar-refractivity contribution in [2.24, 2.45) is 17.8 Å². The second-order valence-electron chi connectivity index (χ2n) is 11.4. The number of fused-ring (bicyclic) bond motifs is 1. The minimum atomic E-state index is -1.29. The Morgan fingerprint density at radius 1 is 1.24 bits per heavy atom. The fraction of sp³-hybridized carbons (Fsp3) is 0.469. The number of benzene rings is 2. The SMILES string of the molecule is C=CCN(C(=O)C1N([C@@H](CO)Cc2ccccc2)C(=O)[C@@H]2[C@@H](C(=O)OCC)[C@]3(C)OC12CC3C)c1ccccc1Cl. The van der Waals surface area contributed by atoms with Crippen LogP contribution >= 0.6 is 11.6 Å². The number of ether oxygens (including phenoxy) is 2. The molecule has 3 aliphatic rings. The molecule has 9 heteroatoms. The van der Waals surface area contributed by atoms with E-state index in [0.717, 1.165) is 5.56 Å². The van der Waals surface area contributed by atoms with Crippen LogP contribution < -0.4 is 4.90 Å². The molecule has 2 aromatic rings. The van der Waals surface area contributed by atoms with Gasteiger partial charge in [0.1, 0.15) is 17.6 Å². The number of halogens is 1. The van der Waals surface area contributed by atoms with Gasteiger partial charge in [-0.2, -0.15) is 0 Å². The molecule has 41 heavy (non-hydrogen) atoms. The molecule has 3 unspecified atom stereocenters. The second-order valence-corrected chi connectivity index (χ2v) is 11.8. The number of para-hydroxylation sites is 1. The van der Waals surface area contributed by atoms with Crippen LogP contribution in [0.2, 0.25) is 5.02 Å². The van der Waals surface area contributed by atoms with Gasteiger partial charge >= 0.3 is 5.97 Å². The first-order valence-electron chi connectivity index (χ1n) is 14.1. The van der Waals surface area contributed by atoms with Gasteiger partial charge in [0, 0.05) is 6.54 Å². The highest BCUT2D eigenvalue weighted by Gasteiger charge is 2.80. The molecule has 2 aromatic carbocycles. The van der Waals surface area contributed by atoms with Gasteiger partial charge in [-0.25, -0.2) is 0 Å². The minimum absolute atomic E-state index is 0.133. The highest BCUT2D eigenvalue weighted by molar-refractivity contribution is 6.34. The molecule has 2 amide bonds. The van der Waals surface area contributed by atoms with E-state index in [0.29, 0.717) is 23.6 Å². The Balaban J connectivity index is 1.67. The molecule has 5 rings (SSSR count). The van der Waals surface area contributed by atoms with Crippen LogP contribution in [0, 0.1) is 17.8 Å². The molecule has 218 valence electrons. The molecule has 8 nitrogen and oxygen atoms in total. The lowest BCUT2D eigenvalue weighted by Gasteiger charge is -2.39. The fourth-order valence-electron chi connectivity index (χ4n) is 7.33. The summed E-state index contributed by atoms with van der Waals surface area (Å²) in [6, 6.07) is 14.7. The van der Waals surface area contributed by atoms with Crippen molar-refractivity contribution in [3.05, 3.63) is 77.8 Å². The summed E-state index contributed by atoms with van der Waals surface area (Å²) in [4.78, 5) is 45.8. The van der Waals surface area contributed by atoms with Crippen molar-refractivity contribution >= 4 is 35.1 Å². The summed E-state index contributed by atoms with van der Waals surface area (Å²) in [6.45, 7) is 9.31. The van der Waals surface area contributed by atoms with Crippen molar-refractivity contribution < 1.29 is 29.0 Å². The summed E-state index contributed by atoms with van der Waals surface area (Å²) < 4.78 is 12.3. The first-order chi connectivity index (χ1) is 19.6. The van der Waals surface area contributed by atoms with E-state index in [4.69, 9.17) is 21.1 Å². The monoisotopic (exact) mass is 580 g/mol. The van der Waals surface area contributed by atoms with Crippen LogP contribution in [-0.4, -0.2) is 70.8 Å². The van der Waals surface area contributed by atoms with Crippen molar-refractivity contribution in [2.75, 3.05) is 24.7 Å². The average Bonchev–Trinajstić information content (AvgIpc) is 3.47. The Kier molecular flexibility index (Phi) is 8.03. The lowest BCUT2D eigenvalue weighted by Crippen LogP contribution is -2.59. The number of esters is 1. The number of anilines is 1.